The fourth-order valence-corrected chi connectivity index (χ4v) is 2.19. The van der Waals surface area contributed by atoms with Gasteiger partial charge < -0.3 is 15.7 Å². The van der Waals surface area contributed by atoms with E-state index in [2.05, 4.69) is 10.6 Å². The van der Waals surface area contributed by atoms with E-state index in [9.17, 15) is 14.7 Å². The van der Waals surface area contributed by atoms with Crippen molar-refractivity contribution < 1.29 is 14.7 Å². The van der Waals surface area contributed by atoms with Crippen molar-refractivity contribution in [3.63, 3.8) is 0 Å². The smallest absolute Gasteiger partial charge is 0.251 e. The lowest BCUT2D eigenvalue weighted by Gasteiger charge is -2.13. The van der Waals surface area contributed by atoms with Gasteiger partial charge in [-0.2, -0.15) is 0 Å². The number of carbonyl (C=O) groups is 2. The van der Waals surface area contributed by atoms with Crippen LogP contribution in [0.4, 0.5) is 5.69 Å². The fourth-order valence-electron chi connectivity index (χ4n) is 1.93. The lowest BCUT2D eigenvalue weighted by molar-refractivity contribution is -0.105. The summed E-state index contributed by atoms with van der Waals surface area (Å²) in [5.41, 5.74) is 1.60. The van der Waals surface area contributed by atoms with Gasteiger partial charge in [-0.1, -0.05) is 29.8 Å². The molecule has 6 heteroatoms. The van der Waals surface area contributed by atoms with Crippen LogP contribution in [0, 0.1) is 0 Å². The molecule has 0 aromatic heterocycles. The maximum atomic E-state index is 12.0. The molecule has 0 aliphatic heterocycles. The van der Waals surface area contributed by atoms with Gasteiger partial charge in [0.15, 0.2) is 0 Å². The summed E-state index contributed by atoms with van der Waals surface area (Å²) in [6.07, 6.45) is -0.316. The van der Waals surface area contributed by atoms with E-state index >= 15 is 0 Å². The summed E-state index contributed by atoms with van der Waals surface area (Å²) < 4.78 is 0. The van der Waals surface area contributed by atoms with Gasteiger partial charge in [-0.3, -0.25) is 9.59 Å². The number of carbonyl (C=O) groups excluding carboxylic acids is 2. The molecule has 0 spiro atoms. The van der Waals surface area contributed by atoms with Gasteiger partial charge in [0.25, 0.3) is 5.91 Å². The largest absolute Gasteiger partial charge is 0.387 e. The monoisotopic (exact) mass is 318 g/mol. The maximum Gasteiger partial charge on any atom is 0.251 e. The second-order valence-electron chi connectivity index (χ2n) is 4.59. The van der Waals surface area contributed by atoms with Crippen LogP contribution >= 0.6 is 11.6 Å². The van der Waals surface area contributed by atoms with Crippen LogP contribution in [0.15, 0.2) is 48.5 Å². The molecule has 2 aromatic carbocycles. The number of aliphatic hydroxyl groups excluding tert-OH is 1. The number of hydrogen-bond donors (Lipinski definition) is 3. The van der Waals surface area contributed by atoms with Crippen molar-refractivity contribution in [1.82, 2.24) is 5.32 Å². The van der Waals surface area contributed by atoms with Crippen molar-refractivity contribution in [3.8, 4) is 0 Å². The minimum absolute atomic E-state index is 0.0525. The molecule has 0 aliphatic rings. The summed E-state index contributed by atoms with van der Waals surface area (Å²) in [7, 11) is 0. The zero-order valence-electron chi connectivity index (χ0n) is 11.6. The zero-order chi connectivity index (χ0) is 15.9. The second-order valence-corrected chi connectivity index (χ2v) is 4.99. The molecule has 1 atom stereocenters. The molecule has 0 fully saturated rings. The van der Waals surface area contributed by atoms with Crippen LogP contribution in [0.2, 0.25) is 5.02 Å². The van der Waals surface area contributed by atoms with Crippen molar-refractivity contribution in [3.05, 3.63) is 64.7 Å². The van der Waals surface area contributed by atoms with Crippen molar-refractivity contribution >= 4 is 29.6 Å². The second kappa shape index (κ2) is 7.59. The molecular weight excluding hydrogens is 304 g/mol. The van der Waals surface area contributed by atoms with E-state index in [4.69, 9.17) is 11.6 Å². The van der Waals surface area contributed by atoms with Gasteiger partial charge in [0.1, 0.15) is 0 Å². The topological polar surface area (TPSA) is 78.4 Å². The lowest BCUT2D eigenvalue weighted by atomic mass is 10.1. The SMILES string of the molecule is O=CNc1ccc(C(=O)NC[C@@H](O)c2ccccc2Cl)cc1. The molecule has 0 radical (unpaired) electrons. The van der Waals surface area contributed by atoms with Crippen LogP contribution in [-0.2, 0) is 4.79 Å². The Morgan fingerprint density at radius 1 is 1.18 bits per heavy atom. The lowest BCUT2D eigenvalue weighted by Crippen LogP contribution is -2.28. The van der Waals surface area contributed by atoms with Crippen LogP contribution in [0.25, 0.3) is 0 Å². The molecule has 2 amide bonds. The first kappa shape index (κ1) is 16.0. The highest BCUT2D eigenvalue weighted by atomic mass is 35.5. The molecular formula is C16H15ClN2O3. The Bertz CT molecular complexity index is 659. The third-order valence-electron chi connectivity index (χ3n) is 3.09. The van der Waals surface area contributed by atoms with Gasteiger partial charge in [0, 0.05) is 28.4 Å². The fraction of sp³-hybridized carbons (Fsp3) is 0.125. The molecule has 0 saturated heterocycles. The standard InChI is InChI=1S/C16H15ClN2O3/c17-14-4-2-1-3-13(14)15(21)9-18-16(22)11-5-7-12(8-6-11)19-10-20/h1-8,10,15,21H,9H2,(H,18,22)(H,19,20)/t15-/m1/s1. The third kappa shape index (κ3) is 4.07. The molecule has 3 N–H and O–H groups in total. The quantitative estimate of drug-likeness (QED) is 0.715. The number of amides is 2. The number of rotatable bonds is 6. The van der Waals surface area contributed by atoms with Crippen LogP contribution in [0.3, 0.4) is 0 Å². The summed E-state index contributed by atoms with van der Waals surface area (Å²) in [5, 5.41) is 15.6. The van der Waals surface area contributed by atoms with Gasteiger partial charge in [-0.05, 0) is 30.3 Å². The summed E-state index contributed by atoms with van der Waals surface area (Å²) in [6, 6.07) is 13.3. The molecule has 0 heterocycles. The van der Waals surface area contributed by atoms with Gasteiger partial charge >= 0.3 is 0 Å². The number of benzene rings is 2. The predicted octanol–water partition coefficient (Wildman–Crippen LogP) is 2.37. The van der Waals surface area contributed by atoms with E-state index in [1.807, 2.05) is 0 Å². The Morgan fingerprint density at radius 2 is 1.86 bits per heavy atom. The molecule has 2 aromatic rings. The first-order valence-electron chi connectivity index (χ1n) is 6.62. The van der Waals surface area contributed by atoms with E-state index in [1.54, 1.807) is 48.5 Å². The summed E-state index contributed by atoms with van der Waals surface area (Å²) in [5.74, 6) is -0.316. The normalized spacial score (nSPS) is 11.5. The zero-order valence-corrected chi connectivity index (χ0v) is 12.4. The average molecular weight is 319 g/mol. The van der Waals surface area contributed by atoms with Crippen LogP contribution < -0.4 is 10.6 Å². The van der Waals surface area contributed by atoms with Crippen LogP contribution in [-0.4, -0.2) is 24.0 Å². The van der Waals surface area contributed by atoms with Gasteiger partial charge in [-0.15, -0.1) is 0 Å². The molecule has 0 bridgehead atoms. The Kier molecular flexibility index (Phi) is 5.52. The summed E-state index contributed by atoms with van der Waals surface area (Å²) in [6.45, 7) is 0.0525. The van der Waals surface area contributed by atoms with Crippen LogP contribution in [0.1, 0.15) is 22.0 Å². The van der Waals surface area contributed by atoms with Gasteiger partial charge in [0.05, 0.1) is 6.10 Å². The molecule has 22 heavy (non-hydrogen) atoms. The molecule has 5 nitrogen and oxygen atoms in total. The van der Waals surface area contributed by atoms with E-state index in [0.717, 1.165) is 0 Å². The van der Waals surface area contributed by atoms with E-state index in [0.29, 0.717) is 28.2 Å². The molecule has 2 rings (SSSR count). The summed E-state index contributed by atoms with van der Waals surface area (Å²) in [4.78, 5) is 22.3. The predicted molar refractivity (Wildman–Crippen MR) is 84.9 cm³/mol. The van der Waals surface area contributed by atoms with E-state index in [-0.39, 0.29) is 12.5 Å². The molecule has 0 aliphatic carbocycles. The van der Waals surface area contributed by atoms with Crippen molar-refractivity contribution in [1.29, 1.82) is 0 Å². The number of halogens is 1. The highest BCUT2D eigenvalue weighted by Crippen LogP contribution is 2.21. The number of aliphatic hydroxyl groups is 1. The summed E-state index contributed by atoms with van der Waals surface area (Å²) >= 11 is 5.99. The number of nitrogens with one attached hydrogen (secondary N) is 2. The Morgan fingerprint density at radius 3 is 2.50 bits per heavy atom. The van der Waals surface area contributed by atoms with Gasteiger partial charge in [-0.25, -0.2) is 0 Å². The highest BCUT2D eigenvalue weighted by molar-refractivity contribution is 6.31. The van der Waals surface area contributed by atoms with Gasteiger partial charge in [0.2, 0.25) is 6.41 Å². The Balaban J connectivity index is 1.94. The van der Waals surface area contributed by atoms with E-state index < -0.39 is 6.10 Å². The third-order valence-corrected chi connectivity index (χ3v) is 3.44. The maximum absolute atomic E-state index is 12.0. The highest BCUT2D eigenvalue weighted by Gasteiger charge is 2.13. The Labute approximate surface area is 132 Å². The van der Waals surface area contributed by atoms with Crippen LogP contribution in [0.5, 0.6) is 0 Å². The molecule has 0 unspecified atom stereocenters. The average Bonchev–Trinajstić information content (AvgIpc) is 2.54. The first-order valence-corrected chi connectivity index (χ1v) is 7.00. The number of anilines is 1. The van der Waals surface area contributed by atoms with Crippen molar-refractivity contribution in [2.75, 3.05) is 11.9 Å². The number of hydrogen-bond acceptors (Lipinski definition) is 3. The minimum Gasteiger partial charge on any atom is -0.387 e. The van der Waals surface area contributed by atoms with Crippen molar-refractivity contribution in [2.45, 2.75) is 6.10 Å². The first-order chi connectivity index (χ1) is 10.6. The van der Waals surface area contributed by atoms with Crippen molar-refractivity contribution in [2.24, 2.45) is 0 Å². The molecule has 0 saturated carbocycles. The minimum atomic E-state index is -0.881. The Hall–Kier alpha value is -2.37. The van der Waals surface area contributed by atoms with E-state index in [1.165, 1.54) is 0 Å². The molecule has 114 valence electrons.